The minimum Gasteiger partial charge on any atom is -0.369 e. The number of hydrogen-bond donors (Lipinski definition) is 0. The number of anilines is 1. The van der Waals surface area contributed by atoms with E-state index < -0.39 is 14.8 Å². The Balaban J connectivity index is 1.52. The predicted molar refractivity (Wildman–Crippen MR) is 100 cm³/mol. The third kappa shape index (κ3) is 4.39. The molecule has 0 radical (unpaired) electrons. The summed E-state index contributed by atoms with van der Waals surface area (Å²) in [4.78, 5) is 15.0. The monoisotopic (exact) mass is 375 g/mol. The van der Waals surface area contributed by atoms with Crippen molar-refractivity contribution >= 4 is 21.2 Å². The molecular formula is C18H21N3O4S. The van der Waals surface area contributed by atoms with Crippen molar-refractivity contribution < 1.29 is 13.3 Å². The Bertz CT molecular complexity index is 846. The second-order valence-electron chi connectivity index (χ2n) is 6.23. The number of sulfone groups is 1. The van der Waals surface area contributed by atoms with Crippen LogP contribution in [-0.4, -0.2) is 56.7 Å². The number of non-ortho nitro benzene ring substituents is 1. The molecule has 1 fully saturated rings. The molecule has 0 atom stereocenters. The topological polar surface area (TPSA) is 83.8 Å². The Kier molecular flexibility index (Phi) is 5.53. The molecule has 1 aliphatic rings. The van der Waals surface area contributed by atoms with Crippen LogP contribution >= 0.6 is 0 Å². The van der Waals surface area contributed by atoms with Gasteiger partial charge in [-0.1, -0.05) is 18.2 Å². The fraction of sp³-hybridized carbons (Fsp3) is 0.333. The van der Waals surface area contributed by atoms with E-state index >= 15 is 0 Å². The lowest BCUT2D eigenvalue weighted by atomic mass is 10.2. The van der Waals surface area contributed by atoms with Crippen molar-refractivity contribution in [2.45, 2.75) is 4.90 Å². The fourth-order valence-electron chi connectivity index (χ4n) is 3.01. The van der Waals surface area contributed by atoms with Gasteiger partial charge in [0.05, 0.1) is 15.6 Å². The number of nitrogens with zero attached hydrogens (tertiary/aromatic N) is 3. The summed E-state index contributed by atoms with van der Waals surface area (Å²) in [7, 11) is -3.26. The second-order valence-corrected chi connectivity index (χ2v) is 8.34. The smallest absolute Gasteiger partial charge is 0.269 e. The molecule has 0 bridgehead atoms. The zero-order valence-corrected chi connectivity index (χ0v) is 15.1. The zero-order valence-electron chi connectivity index (χ0n) is 14.3. The van der Waals surface area contributed by atoms with E-state index in [1.807, 2.05) is 0 Å². The van der Waals surface area contributed by atoms with Gasteiger partial charge in [0.2, 0.25) is 0 Å². The molecule has 0 spiro atoms. The maximum absolute atomic E-state index is 12.4. The second kappa shape index (κ2) is 7.84. The highest BCUT2D eigenvalue weighted by atomic mass is 32.2. The molecule has 1 saturated heterocycles. The molecule has 138 valence electrons. The Hall–Kier alpha value is -2.45. The Labute approximate surface area is 152 Å². The van der Waals surface area contributed by atoms with Gasteiger partial charge >= 0.3 is 0 Å². The first-order valence-corrected chi connectivity index (χ1v) is 10.1. The van der Waals surface area contributed by atoms with Gasteiger partial charge in [0, 0.05) is 50.5 Å². The first-order chi connectivity index (χ1) is 12.5. The van der Waals surface area contributed by atoms with Crippen molar-refractivity contribution in [1.29, 1.82) is 0 Å². The summed E-state index contributed by atoms with van der Waals surface area (Å²) in [5.41, 5.74) is 1.03. The largest absolute Gasteiger partial charge is 0.369 e. The molecule has 7 nitrogen and oxygen atoms in total. The van der Waals surface area contributed by atoms with E-state index in [0.717, 1.165) is 31.9 Å². The van der Waals surface area contributed by atoms with Crippen LogP contribution < -0.4 is 4.90 Å². The fourth-order valence-corrected chi connectivity index (χ4v) is 4.32. The van der Waals surface area contributed by atoms with Gasteiger partial charge in [-0.05, 0) is 24.3 Å². The molecule has 0 aliphatic carbocycles. The molecule has 8 heteroatoms. The van der Waals surface area contributed by atoms with Crippen LogP contribution in [0.2, 0.25) is 0 Å². The van der Waals surface area contributed by atoms with Crippen LogP contribution in [0.25, 0.3) is 0 Å². The van der Waals surface area contributed by atoms with Crippen molar-refractivity contribution in [3.63, 3.8) is 0 Å². The number of nitro groups is 1. The molecular weight excluding hydrogens is 354 g/mol. The molecule has 0 unspecified atom stereocenters. The van der Waals surface area contributed by atoms with Crippen LogP contribution in [0.3, 0.4) is 0 Å². The predicted octanol–water partition coefficient (Wildman–Crippen LogP) is 2.19. The highest BCUT2D eigenvalue weighted by molar-refractivity contribution is 7.91. The van der Waals surface area contributed by atoms with Crippen LogP contribution in [0, 0.1) is 10.1 Å². The van der Waals surface area contributed by atoms with Gasteiger partial charge in [0.15, 0.2) is 9.84 Å². The van der Waals surface area contributed by atoms with Gasteiger partial charge in [-0.3, -0.25) is 15.0 Å². The lowest BCUT2D eigenvalue weighted by Gasteiger charge is -2.36. The van der Waals surface area contributed by atoms with Crippen LogP contribution in [0.1, 0.15) is 0 Å². The maximum Gasteiger partial charge on any atom is 0.269 e. The maximum atomic E-state index is 12.4. The van der Waals surface area contributed by atoms with Crippen LogP contribution in [-0.2, 0) is 9.84 Å². The summed E-state index contributed by atoms with van der Waals surface area (Å²) >= 11 is 0. The first kappa shape index (κ1) is 18.3. The van der Waals surface area contributed by atoms with Crippen molar-refractivity contribution in [2.75, 3.05) is 43.4 Å². The minimum absolute atomic E-state index is 0.0819. The Morgan fingerprint density at radius 3 is 2.12 bits per heavy atom. The molecule has 0 saturated carbocycles. The summed E-state index contributed by atoms with van der Waals surface area (Å²) in [6.45, 7) is 3.57. The van der Waals surface area contributed by atoms with Gasteiger partial charge in [-0.2, -0.15) is 0 Å². The zero-order chi connectivity index (χ0) is 18.6. The summed E-state index contributed by atoms with van der Waals surface area (Å²) in [6.07, 6.45) is 0. The highest BCUT2D eigenvalue weighted by Crippen LogP contribution is 2.20. The van der Waals surface area contributed by atoms with Crippen LogP contribution in [0.4, 0.5) is 11.4 Å². The Morgan fingerprint density at radius 2 is 1.54 bits per heavy atom. The molecule has 3 rings (SSSR count). The van der Waals surface area contributed by atoms with E-state index in [1.165, 1.54) is 12.1 Å². The number of hydrogen-bond acceptors (Lipinski definition) is 6. The van der Waals surface area contributed by atoms with Crippen molar-refractivity contribution in [2.24, 2.45) is 0 Å². The average Bonchev–Trinajstić information content (AvgIpc) is 2.68. The summed E-state index contributed by atoms with van der Waals surface area (Å²) in [5, 5.41) is 10.7. The quantitative estimate of drug-likeness (QED) is 0.568. The molecule has 2 aromatic carbocycles. The van der Waals surface area contributed by atoms with Crippen molar-refractivity contribution in [1.82, 2.24) is 4.90 Å². The van der Waals surface area contributed by atoms with Gasteiger partial charge in [0.25, 0.3) is 5.69 Å². The van der Waals surface area contributed by atoms with Crippen molar-refractivity contribution in [3.8, 4) is 0 Å². The summed E-state index contributed by atoms with van der Waals surface area (Å²) in [6, 6.07) is 15.1. The van der Waals surface area contributed by atoms with E-state index in [2.05, 4.69) is 9.80 Å². The summed E-state index contributed by atoms with van der Waals surface area (Å²) in [5.74, 6) is 0.106. The van der Waals surface area contributed by atoms with Crippen LogP contribution in [0.5, 0.6) is 0 Å². The standard InChI is InChI=1S/C18H21N3O4S/c22-21(23)17-8-6-16(7-9-17)20-12-10-19(11-13-20)14-15-26(24,25)18-4-2-1-3-5-18/h1-9H,10-15H2. The molecule has 0 aromatic heterocycles. The van der Waals surface area contributed by atoms with E-state index in [9.17, 15) is 18.5 Å². The van der Waals surface area contributed by atoms with E-state index in [1.54, 1.807) is 42.5 Å². The molecule has 26 heavy (non-hydrogen) atoms. The number of benzene rings is 2. The summed E-state index contributed by atoms with van der Waals surface area (Å²) < 4.78 is 24.7. The van der Waals surface area contributed by atoms with Gasteiger partial charge in [0.1, 0.15) is 0 Å². The van der Waals surface area contributed by atoms with E-state index in [4.69, 9.17) is 0 Å². The van der Waals surface area contributed by atoms with Crippen molar-refractivity contribution in [3.05, 3.63) is 64.7 Å². The lowest BCUT2D eigenvalue weighted by molar-refractivity contribution is -0.384. The van der Waals surface area contributed by atoms with E-state index in [-0.39, 0.29) is 11.4 Å². The first-order valence-electron chi connectivity index (χ1n) is 8.45. The highest BCUT2D eigenvalue weighted by Gasteiger charge is 2.21. The average molecular weight is 375 g/mol. The molecule has 1 aliphatic heterocycles. The third-order valence-corrected chi connectivity index (χ3v) is 6.29. The van der Waals surface area contributed by atoms with E-state index in [0.29, 0.717) is 11.4 Å². The number of piperazine rings is 1. The molecule has 0 N–H and O–H groups in total. The molecule has 1 heterocycles. The lowest BCUT2D eigenvalue weighted by Crippen LogP contribution is -2.47. The van der Waals surface area contributed by atoms with Gasteiger partial charge < -0.3 is 4.90 Å². The normalized spacial score (nSPS) is 15.8. The minimum atomic E-state index is -3.26. The molecule has 2 aromatic rings. The van der Waals surface area contributed by atoms with Crippen LogP contribution in [0.15, 0.2) is 59.5 Å². The van der Waals surface area contributed by atoms with Gasteiger partial charge in [-0.15, -0.1) is 0 Å². The number of nitro benzene ring substituents is 1. The Morgan fingerprint density at radius 1 is 0.923 bits per heavy atom. The number of rotatable bonds is 6. The van der Waals surface area contributed by atoms with Gasteiger partial charge in [-0.25, -0.2) is 8.42 Å². The SMILES string of the molecule is O=[N+]([O-])c1ccc(N2CCN(CCS(=O)(=O)c3ccccc3)CC2)cc1. The molecule has 0 amide bonds. The third-order valence-electron chi connectivity index (χ3n) is 4.58.